The van der Waals surface area contributed by atoms with Crippen LogP contribution in [-0.4, -0.2) is 57.2 Å². The van der Waals surface area contributed by atoms with E-state index in [1.54, 1.807) is 0 Å². The van der Waals surface area contributed by atoms with Crippen molar-refractivity contribution in [1.82, 2.24) is 5.32 Å². The summed E-state index contributed by atoms with van der Waals surface area (Å²) in [6.45, 7) is 8.20. The highest BCUT2D eigenvalue weighted by molar-refractivity contribution is 5.82. The maximum Gasteiger partial charge on any atom is 0.322 e. The summed E-state index contributed by atoms with van der Waals surface area (Å²) in [7, 11) is 0. The van der Waals surface area contributed by atoms with Gasteiger partial charge in [0.15, 0.2) is 0 Å². The highest BCUT2D eigenvalue weighted by Gasteiger charge is 2.65. The van der Waals surface area contributed by atoms with Gasteiger partial charge in [-0.3, -0.25) is 9.59 Å². The first kappa shape index (κ1) is 25.9. The smallest absolute Gasteiger partial charge is 0.322 e. The third-order valence-corrected chi connectivity index (χ3v) is 11.1. The Kier molecular flexibility index (Phi) is 7.13. The van der Waals surface area contributed by atoms with Gasteiger partial charge in [0, 0.05) is 5.92 Å². The van der Waals surface area contributed by atoms with Gasteiger partial charge in [0.1, 0.15) is 6.54 Å². The van der Waals surface area contributed by atoms with Crippen molar-refractivity contribution < 1.29 is 30.0 Å². The standard InChI is InChI=1S/C27H45NO6/c1-14(9-15(2)25(34)28-13-23(32)33)18-5-6-19-24-20(12-22(31)27(18,19)4)26(3)8-7-17(29)10-16(26)11-21(24)30/h14-22,24,29-31H,5-13H2,1-4H3,(H,28,34)(H,32,33)/t14-,15?,16?,17-,18-,19?,20?,21-,22+,24?,26+,27-/m1/s1. The average Bonchev–Trinajstić information content (AvgIpc) is 3.12. The molecule has 0 aromatic carbocycles. The minimum Gasteiger partial charge on any atom is -0.480 e. The molecule has 4 aliphatic carbocycles. The Morgan fingerprint density at radius 3 is 2.38 bits per heavy atom. The molecular formula is C27H45NO6. The number of nitrogens with one attached hydrogen (secondary N) is 1. The topological polar surface area (TPSA) is 127 Å². The first-order valence-corrected chi connectivity index (χ1v) is 13.4. The number of carboxylic acids is 1. The molecule has 12 atom stereocenters. The first-order chi connectivity index (χ1) is 15.9. The normalized spacial score (nSPS) is 47.6. The zero-order valence-corrected chi connectivity index (χ0v) is 21.2. The highest BCUT2D eigenvalue weighted by atomic mass is 16.4. The van der Waals surface area contributed by atoms with E-state index in [0.29, 0.717) is 18.8 Å². The fraction of sp³-hybridized carbons (Fsp3) is 0.926. The lowest BCUT2D eigenvalue weighted by atomic mass is 9.43. The van der Waals surface area contributed by atoms with Gasteiger partial charge in [0.05, 0.1) is 18.3 Å². The van der Waals surface area contributed by atoms with Crippen LogP contribution >= 0.6 is 0 Å². The number of aliphatic hydroxyl groups excluding tert-OH is 3. The number of fused-ring (bicyclic) bond motifs is 5. The molecule has 0 aromatic heterocycles. The molecule has 0 heterocycles. The quantitative estimate of drug-likeness (QED) is 0.399. The number of hydrogen-bond donors (Lipinski definition) is 5. The largest absolute Gasteiger partial charge is 0.480 e. The van der Waals surface area contributed by atoms with Crippen LogP contribution in [0.15, 0.2) is 0 Å². The predicted octanol–water partition coefficient (Wildman–Crippen LogP) is 2.81. The van der Waals surface area contributed by atoms with Gasteiger partial charge in [-0.15, -0.1) is 0 Å². The van der Waals surface area contributed by atoms with E-state index < -0.39 is 12.1 Å². The minimum absolute atomic E-state index is 0.0614. The molecule has 7 heteroatoms. The molecule has 0 aliphatic heterocycles. The summed E-state index contributed by atoms with van der Waals surface area (Å²) in [5.41, 5.74) is -0.234. The Morgan fingerprint density at radius 1 is 1.00 bits per heavy atom. The molecule has 4 saturated carbocycles. The van der Waals surface area contributed by atoms with Gasteiger partial charge in [0.25, 0.3) is 0 Å². The fourth-order valence-corrected chi connectivity index (χ4v) is 9.30. The Hall–Kier alpha value is -1.18. The van der Waals surface area contributed by atoms with Crippen LogP contribution in [0.1, 0.15) is 79.1 Å². The zero-order chi connectivity index (χ0) is 25.0. The van der Waals surface area contributed by atoms with E-state index in [2.05, 4.69) is 26.1 Å². The Morgan fingerprint density at radius 2 is 1.71 bits per heavy atom. The monoisotopic (exact) mass is 479 g/mol. The minimum atomic E-state index is -1.05. The van der Waals surface area contributed by atoms with Gasteiger partial charge in [-0.05, 0) is 97.7 Å². The molecule has 0 radical (unpaired) electrons. The van der Waals surface area contributed by atoms with E-state index in [-0.39, 0.29) is 71.0 Å². The Labute approximate surface area is 203 Å². The second-order valence-corrected chi connectivity index (χ2v) is 12.8. The van der Waals surface area contributed by atoms with Gasteiger partial charge >= 0.3 is 5.97 Å². The van der Waals surface area contributed by atoms with Crippen LogP contribution < -0.4 is 5.32 Å². The molecule has 0 bridgehead atoms. The lowest BCUT2D eigenvalue weighted by Crippen LogP contribution is -2.62. The second-order valence-electron chi connectivity index (χ2n) is 12.8. The number of amides is 1. The molecule has 1 amide bonds. The Bertz CT molecular complexity index is 789. The summed E-state index contributed by atoms with van der Waals surface area (Å²) < 4.78 is 0. The van der Waals surface area contributed by atoms with Crippen molar-refractivity contribution in [3.05, 3.63) is 0 Å². The summed E-state index contributed by atoms with van der Waals surface area (Å²) in [5.74, 6) is -0.0907. The lowest BCUT2D eigenvalue weighted by molar-refractivity contribution is -0.207. The Balaban J connectivity index is 1.51. The van der Waals surface area contributed by atoms with Crippen LogP contribution in [0.3, 0.4) is 0 Å². The molecule has 5 N–H and O–H groups in total. The van der Waals surface area contributed by atoms with Crippen molar-refractivity contribution in [3.8, 4) is 0 Å². The molecule has 4 rings (SSSR count). The van der Waals surface area contributed by atoms with Crippen LogP contribution in [0.4, 0.5) is 0 Å². The number of hydrogen-bond acceptors (Lipinski definition) is 5. The molecule has 0 spiro atoms. The van der Waals surface area contributed by atoms with E-state index in [1.807, 2.05) is 6.92 Å². The van der Waals surface area contributed by atoms with Crippen LogP contribution in [0.5, 0.6) is 0 Å². The number of aliphatic carboxylic acids is 1. The maximum atomic E-state index is 12.4. The maximum absolute atomic E-state index is 12.4. The molecule has 0 aromatic rings. The van der Waals surface area contributed by atoms with E-state index >= 15 is 0 Å². The van der Waals surface area contributed by atoms with Crippen molar-refractivity contribution in [3.63, 3.8) is 0 Å². The summed E-state index contributed by atoms with van der Waals surface area (Å²) >= 11 is 0. The molecule has 34 heavy (non-hydrogen) atoms. The molecule has 0 saturated heterocycles. The van der Waals surface area contributed by atoms with Crippen molar-refractivity contribution in [2.24, 2.45) is 52.3 Å². The van der Waals surface area contributed by atoms with Gasteiger partial charge < -0.3 is 25.7 Å². The van der Waals surface area contributed by atoms with E-state index in [4.69, 9.17) is 5.11 Å². The van der Waals surface area contributed by atoms with Crippen molar-refractivity contribution in [2.75, 3.05) is 6.54 Å². The third kappa shape index (κ3) is 4.20. The summed E-state index contributed by atoms with van der Waals surface area (Å²) in [6.07, 6.45) is 5.51. The van der Waals surface area contributed by atoms with Gasteiger partial charge in [-0.25, -0.2) is 0 Å². The molecule has 5 unspecified atom stereocenters. The van der Waals surface area contributed by atoms with E-state index in [9.17, 15) is 24.9 Å². The predicted molar refractivity (Wildman–Crippen MR) is 128 cm³/mol. The van der Waals surface area contributed by atoms with Gasteiger partial charge in [-0.2, -0.15) is 0 Å². The molecular weight excluding hydrogens is 434 g/mol. The number of carbonyl (C=O) groups excluding carboxylic acids is 1. The van der Waals surface area contributed by atoms with Crippen molar-refractivity contribution in [2.45, 2.75) is 97.4 Å². The van der Waals surface area contributed by atoms with Crippen molar-refractivity contribution >= 4 is 11.9 Å². The molecule has 4 aliphatic rings. The zero-order valence-electron chi connectivity index (χ0n) is 21.2. The fourth-order valence-electron chi connectivity index (χ4n) is 9.30. The van der Waals surface area contributed by atoms with E-state index in [0.717, 1.165) is 38.5 Å². The van der Waals surface area contributed by atoms with Crippen LogP contribution in [-0.2, 0) is 9.59 Å². The lowest BCUT2D eigenvalue weighted by Gasteiger charge is -2.63. The number of aliphatic hydroxyl groups is 3. The van der Waals surface area contributed by atoms with E-state index in [1.165, 1.54) is 0 Å². The number of rotatable bonds is 6. The van der Waals surface area contributed by atoms with Gasteiger partial charge in [0.2, 0.25) is 5.91 Å². The molecule has 7 nitrogen and oxygen atoms in total. The van der Waals surface area contributed by atoms with Crippen LogP contribution in [0, 0.1) is 52.3 Å². The first-order valence-electron chi connectivity index (χ1n) is 13.4. The summed E-state index contributed by atoms with van der Waals surface area (Å²) in [6, 6.07) is 0. The van der Waals surface area contributed by atoms with Gasteiger partial charge in [-0.1, -0.05) is 27.7 Å². The summed E-state index contributed by atoms with van der Waals surface area (Å²) in [4.78, 5) is 23.2. The third-order valence-electron chi connectivity index (χ3n) is 11.1. The average molecular weight is 480 g/mol. The second kappa shape index (κ2) is 9.36. The van der Waals surface area contributed by atoms with Crippen molar-refractivity contribution in [1.29, 1.82) is 0 Å². The van der Waals surface area contributed by atoms with Crippen LogP contribution in [0.2, 0.25) is 0 Å². The SMILES string of the molecule is CC(C[C@@H](C)[C@H]1CCC2C3C(C[C@H](O)[C@@]21C)[C@@]1(C)CC[C@@H](O)CC1C[C@H]3O)C(=O)NCC(=O)O. The highest BCUT2D eigenvalue weighted by Crippen LogP contribution is 2.68. The summed E-state index contributed by atoms with van der Waals surface area (Å²) in [5, 5.41) is 44.6. The van der Waals surface area contributed by atoms with Crippen LogP contribution in [0.25, 0.3) is 0 Å². The number of carbonyl (C=O) groups is 2. The molecule has 4 fully saturated rings. The molecule has 194 valence electrons. The number of carboxylic acid groups (broad SMARTS) is 1.